The van der Waals surface area contributed by atoms with Crippen molar-refractivity contribution in [2.45, 2.75) is 44.1 Å². The Kier molecular flexibility index (Phi) is 2.46. The second-order valence-electron chi connectivity index (χ2n) is 5.46. The molecule has 0 aromatic heterocycles. The average molecular weight is 229 g/mol. The van der Waals surface area contributed by atoms with Crippen LogP contribution in [0.2, 0.25) is 0 Å². The topological polar surface area (TPSA) is 20.3 Å². The van der Waals surface area contributed by atoms with Gasteiger partial charge in [-0.2, -0.15) is 0 Å². The first kappa shape index (κ1) is 10.8. The summed E-state index contributed by atoms with van der Waals surface area (Å²) in [4.78, 5) is 14.5. The summed E-state index contributed by atoms with van der Waals surface area (Å²) in [7, 11) is 1.94. The fraction of sp³-hybridized carbons (Fsp3) is 0.533. The third kappa shape index (κ3) is 1.50. The number of nitrogens with zero attached hydrogens (tertiary/aromatic N) is 1. The summed E-state index contributed by atoms with van der Waals surface area (Å²) >= 11 is 0. The van der Waals surface area contributed by atoms with Gasteiger partial charge in [0.15, 0.2) is 0 Å². The summed E-state index contributed by atoms with van der Waals surface area (Å²) < 4.78 is 0. The summed E-state index contributed by atoms with van der Waals surface area (Å²) in [6.07, 6.45) is 5.73. The predicted molar refractivity (Wildman–Crippen MR) is 67.7 cm³/mol. The molecular weight excluding hydrogens is 210 g/mol. The molecule has 90 valence electrons. The van der Waals surface area contributed by atoms with E-state index in [0.717, 1.165) is 19.4 Å². The molecule has 1 saturated carbocycles. The predicted octanol–water partition coefficient (Wildman–Crippen LogP) is 2.86. The molecule has 1 heterocycles. The molecule has 1 aromatic carbocycles. The Labute approximate surface area is 103 Å². The molecule has 17 heavy (non-hydrogen) atoms. The van der Waals surface area contributed by atoms with Crippen molar-refractivity contribution in [3.63, 3.8) is 0 Å². The molecule has 3 rings (SSSR count). The van der Waals surface area contributed by atoms with E-state index < -0.39 is 0 Å². The maximum absolute atomic E-state index is 12.6. The minimum Gasteiger partial charge on any atom is -0.341 e. The number of fused-ring (bicyclic) bond motifs is 2. The average Bonchev–Trinajstić information content (AvgIpc) is 2.38. The van der Waals surface area contributed by atoms with Crippen LogP contribution in [0.5, 0.6) is 0 Å². The Balaban J connectivity index is 2.14. The highest BCUT2D eigenvalue weighted by atomic mass is 16.2. The molecule has 1 aromatic rings. The third-order valence-corrected chi connectivity index (χ3v) is 4.40. The number of rotatable bonds is 0. The second kappa shape index (κ2) is 3.86. The van der Waals surface area contributed by atoms with Crippen LogP contribution in [0.3, 0.4) is 0 Å². The standard InChI is InChI=1S/C15H19NO/c1-16-11-12-7-3-4-8-13(12)15(14(16)17)9-5-2-6-10-15/h3-4,7-8H,2,5-6,9-11H2,1H3. The Morgan fingerprint density at radius 3 is 2.59 bits per heavy atom. The van der Waals surface area contributed by atoms with Crippen molar-refractivity contribution in [2.75, 3.05) is 7.05 Å². The summed E-state index contributed by atoms with van der Waals surface area (Å²) in [5.41, 5.74) is 2.46. The molecule has 2 nitrogen and oxygen atoms in total. The van der Waals surface area contributed by atoms with E-state index in [4.69, 9.17) is 0 Å². The number of likely N-dealkylation sites (N-methyl/N-ethyl adjacent to an activating group) is 1. The zero-order chi connectivity index (χ0) is 11.9. The number of hydrogen-bond acceptors (Lipinski definition) is 1. The van der Waals surface area contributed by atoms with Crippen LogP contribution in [-0.4, -0.2) is 17.9 Å². The van der Waals surface area contributed by atoms with E-state index in [1.54, 1.807) is 0 Å². The zero-order valence-electron chi connectivity index (χ0n) is 10.4. The number of hydrogen-bond donors (Lipinski definition) is 0. The molecule has 0 atom stereocenters. The van der Waals surface area contributed by atoms with Crippen LogP contribution < -0.4 is 0 Å². The lowest BCUT2D eigenvalue weighted by molar-refractivity contribution is -0.139. The maximum Gasteiger partial charge on any atom is 0.233 e. The van der Waals surface area contributed by atoms with Crippen molar-refractivity contribution in [1.82, 2.24) is 4.90 Å². The first-order valence-corrected chi connectivity index (χ1v) is 6.58. The second-order valence-corrected chi connectivity index (χ2v) is 5.46. The van der Waals surface area contributed by atoms with E-state index in [1.807, 2.05) is 11.9 Å². The summed E-state index contributed by atoms with van der Waals surface area (Å²) in [5, 5.41) is 0. The fourth-order valence-corrected chi connectivity index (χ4v) is 3.57. The number of carbonyl (C=O) groups excluding carboxylic acids is 1. The van der Waals surface area contributed by atoms with Gasteiger partial charge in [-0.05, 0) is 24.0 Å². The van der Waals surface area contributed by atoms with Gasteiger partial charge in [-0.1, -0.05) is 43.5 Å². The van der Waals surface area contributed by atoms with Gasteiger partial charge in [0.05, 0.1) is 5.41 Å². The lowest BCUT2D eigenvalue weighted by Gasteiger charge is -2.44. The van der Waals surface area contributed by atoms with Crippen molar-refractivity contribution >= 4 is 5.91 Å². The van der Waals surface area contributed by atoms with Gasteiger partial charge < -0.3 is 4.90 Å². The highest BCUT2D eigenvalue weighted by Crippen LogP contribution is 2.44. The Hall–Kier alpha value is -1.31. The SMILES string of the molecule is CN1Cc2ccccc2C2(CCCCC2)C1=O. The lowest BCUT2D eigenvalue weighted by atomic mass is 9.65. The van der Waals surface area contributed by atoms with Crippen molar-refractivity contribution < 1.29 is 4.79 Å². The Morgan fingerprint density at radius 2 is 1.82 bits per heavy atom. The molecule has 0 bridgehead atoms. The van der Waals surface area contributed by atoms with Crippen molar-refractivity contribution in [3.05, 3.63) is 35.4 Å². The van der Waals surface area contributed by atoms with E-state index in [9.17, 15) is 4.79 Å². The van der Waals surface area contributed by atoms with Gasteiger partial charge in [0.25, 0.3) is 0 Å². The fourth-order valence-electron chi connectivity index (χ4n) is 3.57. The first-order valence-electron chi connectivity index (χ1n) is 6.58. The van der Waals surface area contributed by atoms with Crippen LogP contribution in [0, 0.1) is 0 Å². The molecule has 0 radical (unpaired) electrons. The lowest BCUT2D eigenvalue weighted by Crippen LogP contribution is -2.50. The Morgan fingerprint density at radius 1 is 1.12 bits per heavy atom. The molecule has 0 N–H and O–H groups in total. The van der Waals surface area contributed by atoms with Crippen LogP contribution >= 0.6 is 0 Å². The van der Waals surface area contributed by atoms with E-state index in [0.29, 0.717) is 5.91 Å². The van der Waals surface area contributed by atoms with Crippen LogP contribution in [0.4, 0.5) is 0 Å². The monoisotopic (exact) mass is 229 g/mol. The van der Waals surface area contributed by atoms with E-state index in [-0.39, 0.29) is 5.41 Å². The molecule has 0 saturated heterocycles. The van der Waals surface area contributed by atoms with Crippen LogP contribution in [0.25, 0.3) is 0 Å². The minimum atomic E-state index is -0.193. The number of carbonyl (C=O) groups is 1. The van der Waals surface area contributed by atoms with E-state index in [1.165, 1.54) is 30.4 Å². The molecule has 2 heteroatoms. The summed E-state index contributed by atoms with van der Waals surface area (Å²) in [6.45, 7) is 0.775. The van der Waals surface area contributed by atoms with Gasteiger partial charge in [-0.3, -0.25) is 4.79 Å². The Bertz CT molecular complexity index is 446. The van der Waals surface area contributed by atoms with Crippen LogP contribution in [-0.2, 0) is 16.8 Å². The largest absolute Gasteiger partial charge is 0.341 e. The van der Waals surface area contributed by atoms with E-state index >= 15 is 0 Å². The normalized spacial score (nSPS) is 22.6. The van der Waals surface area contributed by atoms with E-state index in [2.05, 4.69) is 24.3 Å². The smallest absolute Gasteiger partial charge is 0.233 e. The number of benzene rings is 1. The summed E-state index contributed by atoms with van der Waals surface area (Å²) in [6, 6.07) is 8.51. The highest BCUT2D eigenvalue weighted by molar-refractivity contribution is 5.90. The zero-order valence-corrected chi connectivity index (χ0v) is 10.4. The molecule has 1 aliphatic heterocycles. The molecule has 0 unspecified atom stereocenters. The quantitative estimate of drug-likeness (QED) is 0.670. The maximum atomic E-state index is 12.6. The van der Waals surface area contributed by atoms with Crippen molar-refractivity contribution in [2.24, 2.45) is 0 Å². The molecule has 1 aliphatic carbocycles. The van der Waals surface area contributed by atoms with Gasteiger partial charge in [0.2, 0.25) is 5.91 Å². The molecule has 1 spiro atoms. The van der Waals surface area contributed by atoms with Gasteiger partial charge in [-0.25, -0.2) is 0 Å². The van der Waals surface area contributed by atoms with Crippen LogP contribution in [0.15, 0.2) is 24.3 Å². The third-order valence-electron chi connectivity index (χ3n) is 4.40. The highest BCUT2D eigenvalue weighted by Gasteiger charge is 2.46. The van der Waals surface area contributed by atoms with Gasteiger partial charge >= 0.3 is 0 Å². The van der Waals surface area contributed by atoms with Gasteiger partial charge in [0, 0.05) is 13.6 Å². The summed E-state index contributed by atoms with van der Waals surface area (Å²) in [5.74, 6) is 0.343. The van der Waals surface area contributed by atoms with Crippen LogP contribution in [0.1, 0.15) is 43.2 Å². The van der Waals surface area contributed by atoms with Gasteiger partial charge in [0.1, 0.15) is 0 Å². The van der Waals surface area contributed by atoms with Crippen molar-refractivity contribution in [3.8, 4) is 0 Å². The minimum absolute atomic E-state index is 0.193. The van der Waals surface area contributed by atoms with Gasteiger partial charge in [-0.15, -0.1) is 0 Å². The first-order chi connectivity index (χ1) is 8.24. The number of amides is 1. The molecule has 1 amide bonds. The molecule has 1 fully saturated rings. The molecular formula is C15H19NO. The van der Waals surface area contributed by atoms with Crippen molar-refractivity contribution in [1.29, 1.82) is 0 Å². The molecule has 2 aliphatic rings.